The molecule has 1 saturated heterocycles. The molecular weight excluding hydrogens is 332 g/mol. The normalized spacial score (nSPS) is 18.0. The number of hydrazone groups is 1. The SMILES string of the molecule is O=C1CCC(C(=O)N2CCCN(C(=O)CCc3ccccc3)CC2)=NN1. The van der Waals surface area contributed by atoms with E-state index < -0.39 is 0 Å². The van der Waals surface area contributed by atoms with Crippen LogP contribution in [0.15, 0.2) is 35.4 Å². The maximum absolute atomic E-state index is 12.5. The van der Waals surface area contributed by atoms with Crippen LogP contribution in [-0.2, 0) is 20.8 Å². The third kappa shape index (κ3) is 4.68. The predicted molar refractivity (Wildman–Crippen MR) is 97.4 cm³/mol. The van der Waals surface area contributed by atoms with Crippen LogP contribution in [0.1, 0.15) is 31.2 Å². The molecule has 0 radical (unpaired) electrons. The van der Waals surface area contributed by atoms with Gasteiger partial charge in [0.05, 0.1) is 0 Å². The van der Waals surface area contributed by atoms with Gasteiger partial charge in [-0.15, -0.1) is 0 Å². The first-order chi connectivity index (χ1) is 12.6. The number of rotatable bonds is 4. The Morgan fingerprint density at radius 1 is 1.00 bits per heavy atom. The van der Waals surface area contributed by atoms with Gasteiger partial charge in [0.1, 0.15) is 5.71 Å². The molecule has 3 rings (SSSR count). The Bertz CT molecular complexity index is 702. The molecule has 26 heavy (non-hydrogen) atoms. The molecular formula is C19H24N4O3. The molecule has 0 aromatic heterocycles. The van der Waals surface area contributed by atoms with Crippen LogP contribution in [0, 0.1) is 0 Å². The largest absolute Gasteiger partial charge is 0.341 e. The molecule has 1 aromatic carbocycles. The number of nitrogens with zero attached hydrogens (tertiary/aromatic N) is 3. The molecule has 7 heteroatoms. The second-order valence-corrected chi connectivity index (χ2v) is 6.61. The summed E-state index contributed by atoms with van der Waals surface area (Å²) >= 11 is 0. The summed E-state index contributed by atoms with van der Waals surface area (Å²) in [7, 11) is 0. The van der Waals surface area contributed by atoms with Crippen LogP contribution in [0.25, 0.3) is 0 Å². The molecule has 0 atom stereocenters. The Labute approximate surface area is 153 Å². The molecule has 2 heterocycles. The monoisotopic (exact) mass is 356 g/mol. The quantitative estimate of drug-likeness (QED) is 0.872. The van der Waals surface area contributed by atoms with Crippen LogP contribution in [0.3, 0.4) is 0 Å². The maximum Gasteiger partial charge on any atom is 0.270 e. The van der Waals surface area contributed by atoms with Gasteiger partial charge in [-0.2, -0.15) is 5.10 Å². The number of nitrogens with one attached hydrogen (secondary N) is 1. The molecule has 0 unspecified atom stereocenters. The van der Waals surface area contributed by atoms with Gasteiger partial charge in [-0.3, -0.25) is 14.4 Å². The number of carbonyl (C=O) groups excluding carboxylic acids is 3. The van der Waals surface area contributed by atoms with E-state index in [1.807, 2.05) is 35.2 Å². The fourth-order valence-electron chi connectivity index (χ4n) is 3.23. The topological polar surface area (TPSA) is 82.1 Å². The fraction of sp³-hybridized carbons (Fsp3) is 0.474. The lowest BCUT2D eigenvalue weighted by Crippen LogP contribution is -2.42. The molecule has 2 aliphatic rings. The van der Waals surface area contributed by atoms with E-state index >= 15 is 0 Å². The number of hydrogen-bond acceptors (Lipinski definition) is 4. The Balaban J connectivity index is 1.50. The summed E-state index contributed by atoms with van der Waals surface area (Å²) in [6.45, 7) is 2.32. The maximum atomic E-state index is 12.5. The summed E-state index contributed by atoms with van der Waals surface area (Å²) in [4.78, 5) is 39.8. The molecule has 2 aliphatic heterocycles. The van der Waals surface area contributed by atoms with Crippen molar-refractivity contribution in [1.29, 1.82) is 0 Å². The molecule has 0 spiro atoms. The molecule has 1 aromatic rings. The highest BCUT2D eigenvalue weighted by Gasteiger charge is 2.26. The molecule has 0 saturated carbocycles. The van der Waals surface area contributed by atoms with Crippen molar-refractivity contribution in [3.63, 3.8) is 0 Å². The molecule has 1 N–H and O–H groups in total. The van der Waals surface area contributed by atoms with Crippen LogP contribution in [0.2, 0.25) is 0 Å². The minimum Gasteiger partial charge on any atom is -0.341 e. The number of carbonyl (C=O) groups is 3. The zero-order valence-corrected chi connectivity index (χ0v) is 14.8. The zero-order chi connectivity index (χ0) is 18.4. The van der Waals surface area contributed by atoms with E-state index in [2.05, 4.69) is 10.5 Å². The first-order valence-electron chi connectivity index (χ1n) is 9.10. The van der Waals surface area contributed by atoms with Crippen LogP contribution >= 0.6 is 0 Å². The van der Waals surface area contributed by atoms with E-state index in [4.69, 9.17) is 0 Å². The van der Waals surface area contributed by atoms with E-state index in [1.54, 1.807) is 4.90 Å². The lowest BCUT2D eigenvalue weighted by Gasteiger charge is -2.23. The van der Waals surface area contributed by atoms with Gasteiger partial charge in [0.2, 0.25) is 11.8 Å². The summed E-state index contributed by atoms with van der Waals surface area (Å²) in [5, 5.41) is 3.88. The average Bonchev–Trinajstić information content (AvgIpc) is 2.93. The van der Waals surface area contributed by atoms with Crippen molar-refractivity contribution >= 4 is 23.4 Å². The van der Waals surface area contributed by atoms with Crippen molar-refractivity contribution in [1.82, 2.24) is 15.2 Å². The van der Waals surface area contributed by atoms with Gasteiger partial charge in [-0.25, -0.2) is 5.43 Å². The van der Waals surface area contributed by atoms with Crippen LogP contribution < -0.4 is 5.43 Å². The van der Waals surface area contributed by atoms with Crippen molar-refractivity contribution in [3.8, 4) is 0 Å². The smallest absolute Gasteiger partial charge is 0.270 e. The van der Waals surface area contributed by atoms with Gasteiger partial charge in [-0.1, -0.05) is 30.3 Å². The van der Waals surface area contributed by atoms with E-state index in [1.165, 1.54) is 0 Å². The van der Waals surface area contributed by atoms with Crippen molar-refractivity contribution in [2.24, 2.45) is 5.10 Å². The van der Waals surface area contributed by atoms with Gasteiger partial charge in [0.15, 0.2) is 0 Å². The molecule has 7 nitrogen and oxygen atoms in total. The standard InChI is InChI=1S/C19H24N4O3/c24-17-9-8-16(20-21-17)19(26)23-12-4-11-22(13-14-23)18(25)10-7-15-5-2-1-3-6-15/h1-3,5-6H,4,7-14H2,(H,21,24). The minimum absolute atomic E-state index is 0.130. The van der Waals surface area contributed by atoms with Crippen LogP contribution in [0.4, 0.5) is 0 Å². The van der Waals surface area contributed by atoms with Gasteiger partial charge in [0, 0.05) is 45.4 Å². The molecule has 0 bridgehead atoms. The Morgan fingerprint density at radius 2 is 1.73 bits per heavy atom. The number of aryl methyl sites for hydroxylation is 1. The van der Waals surface area contributed by atoms with Gasteiger partial charge >= 0.3 is 0 Å². The van der Waals surface area contributed by atoms with Gasteiger partial charge < -0.3 is 9.80 Å². The Morgan fingerprint density at radius 3 is 2.46 bits per heavy atom. The van der Waals surface area contributed by atoms with Crippen LogP contribution in [0.5, 0.6) is 0 Å². The molecule has 138 valence electrons. The highest BCUT2D eigenvalue weighted by Crippen LogP contribution is 2.10. The summed E-state index contributed by atoms with van der Waals surface area (Å²) in [5.74, 6) is -0.165. The van der Waals surface area contributed by atoms with Crippen molar-refractivity contribution in [2.45, 2.75) is 32.1 Å². The Kier molecular flexibility index (Phi) is 5.99. The molecule has 0 aliphatic carbocycles. The number of hydrogen-bond donors (Lipinski definition) is 1. The summed E-state index contributed by atoms with van der Waals surface area (Å²) in [6.07, 6.45) is 2.64. The van der Waals surface area contributed by atoms with E-state index in [0.29, 0.717) is 51.2 Å². The summed E-state index contributed by atoms with van der Waals surface area (Å²) in [5.41, 5.74) is 3.92. The van der Waals surface area contributed by atoms with E-state index in [-0.39, 0.29) is 17.7 Å². The van der Waals surface area contributed by atoms with E-state index in [9.17, 15) is 14.4 Å². The lowest BCUT2D eigenvalue weighted by molar-refractivity contribution is -0.131. The second-order valence-electron chi connectivity index (χ2n) is 6.61. The third-order valence-corrected chi connectivity index (χ3v) is 4.76. The predicted octanol–water partition coefficient (Wildman–Crippen LogP) is 0.946. The van der Waals surface area contributed by atoms with Gasteiger partial charge in [0.25, 0.3) is 5.91 Å². The van der Waals surface area contributed by atoms with E-state index in [0.717, 1.165) is 18.4 Å². The highest BCUT2D eigenvalue weighted by atomic mass is 16.2. The van der Waals surface area contributed by atoms with Crippen molar-refractivity contribution in [3.05, 3.63) is 35.9 Å². The van der Waals surface area contributed by atoms with Crippen molar-refractivity contribution < 1.29 is 14.4 Å². The third-order valence-electron chi connectivity index (χ3n) is 4.76. The lowest BCUT2D eigenvalue weighted by atomic mass is 10.1. The highest BCUT2D eigenvalue weighted by molar-refractivity contribution is 6.39. The Hall–Kier alpha value is -2.70. The first kappa shape index (κ1) is 18.1. The fourth-order valence-corrected chi connectivity index (χ4v) is 3.23. The average molecular weight is 356 g/mol. The van der Waals surface area contributed by atoms with Crippen molar-refractivity contribution in [2.75, 3.05) is 26.2 Å². The minimum atomic E-state index is -0.160. The number of benzene rings is 1. The summed E-state index contributed by atoms with van der Waals surface area (Å²) < 4.78 is 0. The first-order valence-corrected chi connectivity index (χ1v) is 9.10. The molecule has 1 fully saturated rings. The molecule has 3 amide bonds. The van der Waals surface area contributed by atoms with Gasteiger partial charge in [-0.05, 0) is 18.4 Å². The number of amides is 3. The zero-order valence-electron chi connectivity index (χ0n) is 14.8. The van der Waals surface area contributed by atoms with Crippen LogP contribution in [-0.4, -0.2) is 59.4 Å². The summed E-state index contributed by atoms with van der Waals surface area (Å²) in [6, 6.07) is 9.98. The second kappa shape index (κ2) is 8.60.